The van der Waals surface area contributed by atoms with E-state index in [2.05, 4.69) is 27.4 Å². The maximum Gasteiger partial charge on any atom is 0.223 e. The number of allylic oxidation sites excluding steroid dienone is 2. The van der Waals surface area contributed by atoms with Crippen LogP contribution in [0.15, 0.2) is 42.6 Å². The van der Waals surface area contributed by atoms with E-state index in [-0.39, 0.29) is 17.6 Å². The number of carbonyl (C=O) groups excluding carboxylic acids is 1. The van der Waals surface area contributed by atoms with Crippen LogP contribution in [0.5, 0.6) is 5.75 Å². The highest BCUT2D eigenvalue weighted by atomic mass is 19.1. The van der Waals surface area contributed by atoms with Crippen molar-refractivity contribution in [3.8, 4) is 16.9 Å². The Morgan fingerprint density at radius 2 is 2.06 bits per heavy atom. The number of methoxy groups -OCH3 is 1. The van der Waals surface area contributed by atoms with Gasteiger partial charge in [-0.2, -0.15) is 0 Å². The molecular formula is C27H30FN3O3. The van der Waals surface area contributed by atoms with Crippen LogP contribution in [0, 0.1) is 17.7 Å². The summed E-state index contributed by atoms with van der Waals surface area (Å²) in [6, 6.07) is 8.47. The number of rotatable bonds is 6. The molecule has 0 radical (unpaired) electrons. The Balaban J connectivity index is 1.32. The summed E-state index contributed by atoms with van der Waals surface area (Å²) in [6.07, 6.45) is 8.29. The first-order chi connectivity index (χ1) is 16.6. The molecule has 1 aromatic carbocycles. The first kappa shape index (κ1) is 22.6. The van der Waals surface area contributed by atoms with Gasteiger partial charge in [0.1, 0.15) is 17.2 Å². The fourth-order valence-electron chi connectivity index (χ4n) is 4.98. The molecule has 1 unspecified atom stereocenters. The number of benzene rings is 1. The van der Waals surface area contributed by atoms with Crippen LogP contribution in [0.2, 0.25) is 0 Å². The molecule has 1 aliphatic carbocycles. The van der Waals surface area contributed by atoms with Gasteiger partial charge in [0.05, 0.1) is 7.11 Å². The molecule has 3 heterocycles. The summed E-state index contributed by atoms with van der Waals surface area (Å²) >= 11 is 0. The van der Waals surface area contributed by atoms with Crippen LogP contribution in [0.3, 0.4) is 0 Å². The van der Waals surface area contributed by atoms with Gasteiger partial charge >= 0.3 is 0 Å². The number of amides is 1. The molecule has 178 valence electrons. The summed E-state index contributed by atoms with van der Waals surface area (Å²) in [6.45, 7) is 2.33. The first-order valence-corrected chi connectivity index (χ1v) is 12.0. The Morgan fingerprint density at radius 3 is 2.82 bits per heavy atom. The number of hydrogen-bond acceptors (Lipinski definition) is 4. The largest absolute Gasteiger partial charge is 0.496 e. The monoisotopic (exact) mass is 463 g/mol. The van der Waals surface area contributed by atoms with E-state index in [0.717, 1.165) is 74.2 Å². The number of halogens is 1. The summed E-state index contributed by atoms with van der Waals surface area (Å²) in [5, 5.41) is 4.07. The molecule has 2 aliphatic rings. The van der Waals surface area contributed by atoms with Crippen LogP contribution in [0.1, 0.15) is 37.8 Å². The van der Waals surface area contributed by atoms with E-state index in [0.29, 0.717) is 17.2 Å². The van der Waals surface area contributed by atoms with Crippen molar-refractivity contribution >= 4 is 22.5 Å². The van der Waals surface area contributed by atoms with Gasteiger partial charge in [-0.3, -0.25) is 4.79 Å². The van der Waals surface area contributed by atoms with Crippen molar-refractivity contribution < 1.29 is 18.7 Å². The fraction of sp³-hybridized carbons (Fsp3) is 0.407. The molecule has 34 heavy (non-hydrogen) atoms. The SMILES string of the molecule is COc1ccc(F)cc1-c1ccnc2[nH]c(C3=CCC(C(=O)NCC4CCOCC4)CC3)cc12. The first-order valence-electron chi connectivity index (χ1n) is 12.0. The van der Waals surface area contributed by atoms with Crippen LogP contribution in [0.25, 0.3) is 27.7 Å². The lowest BCUT2D eigenvalue weighted by Crippen LogP contribution is -2.36. The third kappa shape index (κ3) is 4.71. The topological polar surface area (TPSA) is 76.2 Å². The van der Waals surface area contributed by atoms with Crippen molar-refractivity contribution in [2.75, 3.05) is 26.9 Å². The molecule has 2 N–H and O–H groups in total. The Labute approximate surface area is 198 Å². The summed E-state index contributed by atoms with van der Waals surface area (Å²) < 4.78 is 24.9. The molecule has 1 fully saturated rings. The molecule has 2 aromatic heterocycles. The highest BCUT2D eigenvalue weighted by Gasteiger charge is 2.24. The molecule has 1 amide bonds. The summed E-state index contributed by atoms with van der Waals surface area (Å²) in [5.41, 5.74) is 4.48. The minimum absolute atomic E-state index is 0.0122. The zero-order chi connectivity index (χ0) is 23.5. The molecule has 0 bridgehead atoms. The minimum atomic E-state index is -0.312. The number of hydrogen-bond donors (Lipinski definition) is 2. The maximum absolute atomic E-state index is 14.0. The van der Waals surface area contributed by atoms with Crippen LogP contribution in [-0.2, 0) is 9.53 Å². The number of carbonyl (C=O) groups is 1. The number of ether oxygens (including phenoxy) is 2. The molecular weight excluding hydrogens is 433 g/mol. The van der Waals surface area contributed by atoms with E-state index < -0.39 is 0 Å². The van der Waals surface area contributed by atoms with Gasteiger partial charge in [-0.15, -0.1) is 0 Å². The van der Waals surface area contributed by atoms with Gasteiger partial charge in [0, 0.05) is 48.5 Å². The molecule has 1 aliphatic heterocycles. The number of nitrogens with zero attached hydrogens (tertiary/aromatic N) is 1. The van der Waals surface area contributed by atoms with Crippen LogP contribution >= 0.6 is 0 Å². The average molecular weight is 464 g/mol. The lowest BCUT2D eigenvalue weighted by molar-refractivity contribution is -0.125. The van der Waals surface area contributed by atoms with Crippen LogP contribution in [0.4, 0.5) is 4.39 Å². The predicted octanol–water partition coefficient (Wildman–Crippen LogP) is 5.10. The number of aromatic nitrogens is 2. The van der Waals surface area contributed by atoms with E-state index in [1.165, 1.54) is 17.7 Å². The fourth-order valence-corrected chi connectivity index (χ4v) is 4.98. The predicted molar refractivity (Wildman–Crippen MR) is 130 cm³/mol. The number of pyridine rings is 1. The molecule has 5 rings (SSSR count). The third-order valence-corrected chi connectivity index (χ3v) is 7.02. The van der Waals surface area contributed by atoms with Gasteiger partial charge in [-0.25, -0.2) is 9.37 Å². The highest BCUT2D eigenvalue weighted by Crippen LogP contribution is 2.37. The lowest BCUT2D eigenvalue weighted by atomic mass is 9.87. The van der Waals surface area contributed by atoms with Crippen molar-refractivity contribution in [2.45, 2.75) is 32.1 Å². The van der Waals surface area contributed by atoms with Crippen molar-refractivity contribution in [3.63, 3.8) is 0 Å². The van der Waals surface area contributed by atoms with Crippen molar-refractivity contribution in [1.82, 2.24) is 15.3 Å². The third-order valence-electron chi connectivity index (χ3n) is 7.02. The zero-order valence-corrected chi connectivity index (χ0v) is 19.4. The Hall–Kier alpha value is -3.19. The molecule has 1 saturated heterocycles. The van der Waals surface area contributed by atoms with E-state index in [4.69, 9.17) is 9.47 Å². The Kier molecular flexibility index (Phi) is 6.63. The quantitative estimate of drug-likeness (QED) is 0.533. The van der Waals surface area contributed by atoms with Crippen LogP contribution < -0.4 is 10.1 Å². The second-order valence-corrected chi connectivity index (χ2v) is 9.15. The molecule has 3 aromatic rings. The van der Waals surface area contributed by atoms with E-state index in [1.807, 2.05) is 6.07 Å². The summed E-state index contributed by atoms with van der Waals surface area (Å²) in [5.74, 6) is 0.992. The number of nitrogens with one attached hydrogen (secondary N) is 2. The van der Waals surface area contributed by atoms with Crippen molar-refractivity contribution in [1.29, 1.82) is 0 Å². The Morgan fingerprint density at radius 1 is 1.21 bits per heavy atom. The minimum Gasteiger partial charge on any atom is -0.496 e. The van der Waals surface area contributed by atoms with Crippen molar-refractivity contribution in [3.05, 3.63) is 54.1 Å². The molecule has 6 nitrogen and oxygen atoms in total. The summed E-state index contributed by atoms with van der Waals surface area (Å²) in [4.78, 5) is 20.6. The van der Waals surface area contributed by atoms with Gasteiger partial charge in [0.2, 0.25) is 5.91 Å². The van der Waals surface area contributed by atoms with Gasteiger partial charge in [0.25, 0.3) is 0 Å². The number of aromatic amines is 1. The Bertz CT molecular complexity index is 1210. The highest BCUT2D eigenvalue weighted by molar-refractivity contribution is 5.96. The van der Waals surface area contributed by atoms with E-state index in [1.54, 1.807) is 19.4 Å². The van der Waals surface area contributed by atoms with Gasteiger partial charge < -0.3 is 19.8 Å². The number of fused-ring (bicyclic) bond motifs is 1. The average Bonchev–Trinajstić information content (AvgIpc) is 3.32. The smallest absolute Gasteiger partial charge is 0.223 e. The molecule has 7 heteroatoms. The molecule has 0 saturated carbocycles. The zero-order valence-electron chi connectivity index (χ0n) is 19.4. The van der Waals surface area contributed by atoms with E-state index >= 15 is 0 Å². The normalized spacial score (nSPS) is 19.1. The second kappa shape index (κ2) is 9.97. The summed E-state index contributed by atoms with van der Waals surface area (Å²) in [7, 11) is 1.58. The van der Waals surface area contributed by atoms with Gasteiger partial charge in [0.15, 0.2) is 0 Å². The molecule has 1 atom stereocenters. The maximum atomic E-state index is 14.0. The van der Waals surface area contributed by atoms with E-state index in [9.17, 15) is 9.18 Å². The van der Waals surface area contributed by atoms with Crippen molar-refractivity contribution in [2.24, 2.45) is 11.8 Å². The van der Waals surface area contributed by atoms with Gasteiger partial charge in [-0.05, 0) is 79.5 Å². The second-order valence-electron chi connectivity index (χ2n) is 9.15. The number of H-pyrrole nitrogens is 1. The van der Waals surface area contributed by atoms with Gasteiger partial charge in [-0.1, -0.05) is 6.08 Å². The van der Waals surface area contributed by atoms with Crippen LogP contribution in [-0.4, -0.2) is 42.7 Å². The molecule has 0 spiro atoms. The standard InChI is InChI=1S/C27H30FN3O3/c1-33-25-7-6-20(28)14-22(25)21-8-11-29-26-23(21)15-24(31-26)18-2-4-19(5-3-18)27(32)30-16-17-9-12-34-13-10-17/h2,6-8,11,14-15,17,19H,3-5,9-10,12-13,16H2,1H3,(H,29,31)(H,30,32). The lowest BCUT2D eigenvalue weighted by Gasteiger charge is -2.25.